The van der Waals surface area contributed by atoms with Gasteiger partial charge in [0.25, 0.3) is 0 Å². The molecule has 0 saturated heterocycles. The first kappa shape index (κ1) is 13.3. The molecule has 0 aliphatic rings. The van der Waals surface area contributed by atoms with Gasteiger partial charge in [0.1, 0.15) is 0 Å². The normalized spacial score (nSPS) is 9.82. The Bertz CT molecular complexity index is 459. The Morgan fingerprint density at radius 3 is 2.47 bits per heavy atom. The zero-order valence-corrected chi connectivity index (χ0v) is 10.2. The summed E-state index contributed by atoms with van der Waals surface area (Å²) in [5, 5.41) is 0.235. The predicted octanol–water partition coefficient (Wildman–Crippen LogP) is 1.42. The van der Waals surface area contributed by atoms with E-state index in [1.807, 2.05) is 0 Å². The van der Waals surface area contributed by atoms with Crippen molar-refractivity contribution in [3.63, 3.8) is 0 Å². The molecule has 0 heterocycles. The summed E-state index contributed by atoms with van der Waals surface area (Å²) >= 11 is 5.81. The molecule has 0 aromatic heterocycles. The highest BCUT2D eigenvalue weighted by molar-refractivity contribution is 6.33. The van der Waals surface area contributed by atoms with Crippen LogP contribution < -0.4 is 5.73 Å². The Morgan fingerprint density at radius 2 is 1.94 bits per heavy atom. The number of carbonyl (C=O) groups excluding carboxylic acids is 2. The molecular weight excluding hydrogens is 246 g/mol. The fraction of sp³-hybridized carbons (Fsp3) is 0.273. The first-order valence-electron chi connectivity index (χ1n) is 4.72. The van der Waals surface area contributed by atoms with Crippen LogP contribution in [0.1, 0.15) is 15.9 Å². The van der Waals surface area contributed by atoms with Gasteiger partial charge in [-0.05, 0) is 17.7 Å². The molecule has 1 aromatic rings. The lowest BCUT2D eigenvalue weighted by molar-refractivity contribution is -0.139. The number of anilines is 1. The molecule has 0 spiro atoms. The van der Waals surface area contributed by atoms with Crippen LogP contribution in [0.15, 0.2) is 12.1 Å². The Morgan fingerprint density at radius 1 is 1.29 bits per heavy atom. The molecule has 0 saturated carbocycles. The standard InChI is InChI=1S/C11H12ClNO4/c1-16-10(14)4-6-3-9(13)8(12)5-7(6)11(15)17-2/h3,5H,4,13H2,1-2H3. The van der Waals surface area contributed by atoms with E-state index in [0.29, 0.717) is 11.3 Å². The number of hydrogen-bond donors (Lipinski definition) is 1. The average Bonchev–Trinajstić information content (AvgIpc) is 2.32. The number of halogens is 1. The topological polar surface area (TPSA) is 78.6 Å². The van der Waals surface area contributed by atoms with Gasteiger partial charge in [0.15, 0.2) is 0 Å². The lowest BCUT2D eigenvalue weighted by Crippen LogP contribution is -2.12. The van der Waals surface area contributed by atoms with Crippen LogP contribution in [-0.4, -0.2) is 26.2 Å². The van der Waals surface area contributed by atoms with Crippen molar-refractivity contribution in [2.45, 2.75) is 6.42 Å². The van der Waals surface area contributed by atoms with Gasteiger partial charge in [-0.3, -0.25) is 4.79 Å². The van der Waals surface area contributed by atoms with Crippen LogP contribution in [0.25, 0.3) is 0 Å². The summed E-state index contributed by atoms with van der Waals surface area (Å²) in [4.78, 5) is 22.7. The van der Waals surface area contributed by atoms with E-state index in [9.17, 15) is 9.59 Å². The van der Waals surface area contributed by atoms with E-state index in [4.69, 9.17) is 17.3 Å². The minimum Gasteiger partial charge on any atom is -0.469 e. The Kier molecular flexibility index (Phi) is 4.34. The van der Waals surface area contributed by atoms with E-state index >= 15 is 0 Å². The largest absolute Gasteiger partial charge is 0.469 e. The van der Waals surface area contributed by atoms with Crippen LogP contribution in [0.2, 0.25) is 5.02 Å². The second kappa shape index (κ2) is 5.54. The summed E-state index contributed by atoms with van der Waals surface area (Å²) in [6, 6.07) is 2.84. The minimum absolute atomic E-state index is 0.0672. The van der Waals surface area contributed by atoms with Crippen LogP contribution in [0.3, 0.4) is 0 Å². The molecular formula is C11H12ClNO4. The molecule has 0 fully saturated rings. The van der Waals surface area contributed by atoms with Gasteiger partial charge < -0.3 is 15.2 Å². The number of nitrogens with two attached hydrogens (primary N) is 1. The third-order valence-electron chi connectivity index (χ3n) is 2.19. The van der Waals surface area contributed by atoms with Gasteiger partial charge in [-0.2, -0.15) is 0 Å². The van der Waals surface area contributed by atoms with Gasteiger partial charge in [-0.1, -0.05) is 11.6 Å². The maximum atomic E-state index is 11.5. The molecule has 0 bridgehead atoms. The van der Waals surface area contributed by atoms with Gasteiger partial charge in [0.2, 0.25) is 0 Å². The number of esters is 2. The number of ether oxygens (including phenoxy) is 2. The molecule has 0 amide bonds. The van der Waals surface area contributed by atoms with Crippen LogP contribution in [0.4, 0.5) is 5.69 Å². The zero-order chi connectivity index (χ0) is 13.0. The van der Waals surface area contributed by atoms with Gasteiger partial charge in [-0.25, -0.2) is 4.79 Å². The van der Waals surface area contributed by atoms with Crippen molar-refractivity contribution < 1.29 is 19.1 Å². The molecule has 0 radical (unpaired) electrons. The molecule has 17 heavy (non-hydrogen) atoms. The minimum atomic E-state index is -0.578. The molecule has 1 rings (SSSR count). The van der Waals surface area contributed by atoms with Crippen LogP contribution in [-0.2, 0) is 20.7 Å². The maximum Gasteiger partial charge on any atom is 0.338 e. The Hall–Kier alpha value is -1.75. The summed E-state index contributed by atoms with van der Waals surface area (Å²) in [6.07, 6.45) is -0.0672. The van der Waals surface area contributed by atoms with Crippen molar-refractivity contribution in [1.29, 1.82) is 0 Å². The van der Waals surface area contributed by atoms with E-state index in [0.717, 1.165) is 0 Å². The molecule has 0 unspecified atom stereocenters. The van der Waals surface area contributed by atoms with E-state index < -0.39 is 11.9 Å². The SMILES string of the molecule is COC(=O)Cc1cc(N)c(Cl)cc1C(=O)OC. The highest BCUT2D eigenvalue weighted by Crippen LogP contribution is 2.24. The van der Waals surface area contributed by atoms with E-state index in [1.165, 1.54) is 26.4 Å². The van der Waals surface area contributed by atoms with Crippen molar-refractivity contribution in [1.82, 2.24) is 0 Å². The third kappa shape index (κ3) is 3.10. The van der Waals surface area contributed by atoms with Gasteiger partial charge in [0.05, 0.1) is 36.9 Å². The van der Waals surface area contributed by atoms with Crippen molar-refractivity contribution in [2.24, 2.45) is 0 Å². The number of benzene rings is 1. The zero-order valence-electron chi connectivity index (χ0n) is 9.45. The first-order valence-corrected chi connectivity index (χ1v) is 5.10. The number of nitrogen functional groups attached to an aromatic ring is 1. The predicted molar refractivity (Wildman–Crippen MR) is 62.9 cm³/mol. The molecule has 0 aliphatic carbocycles. The maximum absolute atomic E-state index is 11.5. The molecule has 92 valence electrons. The van der Waals surface area contributed by atoms with E-state index in [1.54, 1.807) is 0 Å². The Labute approximate surface area is 103 Å². The number of hydrogen-bond acceptors (Lipinski definition) is 5. The highest BCUT2D eigenvalue weighted by atomic mass is 35.5. The van der Waals surface area contributed by atoms with Crippen molar-refractivity contribution in [2.75, 3.05) is 20.0 Å². The first-order chi connectivity index (χ1) is 7.99. The molecule has 5 nitrogen and oxygen atoms in total. The molecule has 2 N–H and O–H groups in total. The third-order valence-corrected chi connectivity index (χ3v) is 2.52. The van der Waals surface area contributed by atoms with Crippen molar-refractivity contribution in [3.8, 4) is 0 Å². The smallest absolute Gasteiger partial charge is 0.338 e. The lowest BCUT2D eigenvalue weighted by atomic mass is 10.0. The lowest BCUT2D eigenvalue weighted by Gasteiger charge is -2.09. The van der Waals surface area contributed by atoms with Gasteiger partial charge >= 0.3 is 11.9 Å². The second-order valence-corrected chi connectivity index (χ2v) is 3.68. The molecule has 0 atom stereocenters. The van der Waals surface area contributed by atoms with Gasteiger partial charge in [0, 0.05) is 0 Å². The number of rotatable bonds is 3. The van der Waals surface area contributed by atoms with Crippen LogP contribution in [0.5, 0.6) is 0 Å². The number of carbonyl (C=O) groups is 2. The summed E-state index contributed by atoms with van der Waals surface area (Å²) in [5.74, 6) is -1.05. The highest BCUT2D eigenvalue weighted by Gasteiger charge is 2.17. The van der Waals surface area contributed by atoms with Crippen LogP contribution in [0, 0.1) is 0 Å². The summed E-state index contributed by atoms with van der Waals surface area (Å²) in [6.45, 7) is 0. The van der Waals surface area contributed by atoms with E-state index in [2.05, 4.69) is 9.47 Å². The van der Waals surface area contributed by atoms with Crippen molar-refractivity contribution >= 4 is 29.2 Å². The Balaban J connectivity index is 3.20. The summed E-state index contributed by atoms with van der Waals surface area (Å²) in [5.41, 5.74) is 6.53. The molecule has 0 aliphatic heterocycles. The number of methoxy groups -OCH3 is 2. The fourth-order valence-electron chi connectivity index (χ4n) is 1.31. The van der Waals surface area contributed by atoms with Crippen molar-refractivity contribution in [3.05, 3.63) is 28.3 Å². The average molecular weight is 258 g/mol. The summed E-state index contributed by atoms with van der Waals surface area (Å²) < 4.78 is 9.12. The molecule has 6 heteroatoms. The van der Waals surface area contributed by atoms with Crippen LogP contribution >= 0.6 is 11.6 Å². The quantitative estimate of drug-likeness (QED) is 0.654. The monoisotopic (exact) mass is 257 g/mol. The van der Waals surface area contributed by atoms with E-state index in [-0.39, 0.29) is 17.0 Å². The summed E-state index contributed by atoms with van der Waals surface area (Å²) in [7, 11) is 2.51. The molecule has 1 aromatic carbocycles. The fourth-order valence-corrected chi connectivity index (χ4v) is 1.47. The van der Waals surface area contributed by atoms with Gasteiger partial charge in [-0.15, -0.1) is 0 Å². The second-order valence-electron chi connectivity index (χ2n) is 3.28.